The molecule has 2 fully saturated rings. The minimum atomic E-state index is -0.610. The van der Waals surface area contributed by atoms with Gasteiger partial charge in [-0.1, -0.05) is 34.1 Å². The molecule has 2 rings (SSSR count). The molecule has 3 heteroatoms. The Bertz CT molecular complexity index is 345. The highest BCUT2D eigenvalue weighted by Gasteiger charge is 2.40. The first-order chi connectivity index (χ1) is 9.35. The van der Waals surface area contributed by atoms with Crippen molar-refractivity contribution in [1.29, 1.82) is 0 Å². The molecule has 2 atom stereocenters. The van der Waals surface area contributed by atoms with Crippen molar-refractivity contribution in [3.05, 3.63) is 0 Å². The zero-order valence-electron chi connectivity index (χ0n) is 13.6. The molecule has 0 amide bonds. The largest absolute Gasteiger partial charge is 0.481 e. The van der Waals surface area contributed by atoms with E-state index in [1.165, 1.54) is 32.1 Å². The average Bonchev–Trinajstić information content (AvgIpc) is 2.81. The Morgan fingerprint density at radius 3 is 2.25 bits per heavy atom. The van der Waals surface area contributed by atoms with E-state index in [0.29, 0.717) is 17.4 Å². The van der Waals surface area contributed by atoms with Gasteiger partial charge in [0.1, 0.15) is 0 Å². The summed E-state index contributed by atoms with van der Waals surface area (Å²) in [4.78, 5) is 13.7. The van der Waals surface area contributed by atoms with Crippen molar-refractivity contribution in [2.75, 3.05) is 13.1 Å². The van der Waals surface area contributed by atoms with E-state index in [0.717, 1.165) is 19.0 Å². The Morgan fingerprint density at radius 2 is 1.80 bits per heavy atom. The second kappa shape index (κ2) is 6.05. The number of carbonyl (C=O) groups is 1. The summed E-state index contributed by atoms with van der Waals surface area (Å²) in [6, 6.07) is 0.630. The van der Waals surface area contributed by atoms with Crippen LogP contribution >= 0.6 is 0 Å². The van der Waals surface area contributed by atoms with Crippen LogP contribution < -0.4 is 0 Å². The molecule has 1 saturated heterocycles. The molecule has 0 aromatic rings. The third-order valence-corrected chi connectivity index (χ3v) is 6.19. The predicted molar refractivity (Wildman–Crippen MR) is 81.7 cm³/mol. The Kier molecular flexibility index (Phi) is 4.78. The Hall–Kier alpha value is -0.570. The first-order valence-electron chi connectivity index (χ1n) is 8.32. The number of nitrogens with zero attached hydrogens (tertiary/aromatic N) is 1. The summed E-state index contributed by atoms with van der Waals surface area (Å²) in [5.41, 5.74) is 0.465. The van der Waals surface area contributed by atoms with Crippen LogP contribution in [0.3, 0.4) is 0 Å². The summed E-state index contributed by atoms with van der Waals surface area (Å²) in [6.45, 7) is 10.9. The van der Waals surface area contributed by atoms with Gasteiger partial charge in [0.15, 0.2) is 0 Å². The minimum Gasteiger partial charge on any atom is -0.481 e. The van der Waals surface area contributed by atoms with Crippen LogP contribution in [0.4, 0.5) is 0 Å². The SMILES string of the molecule is CCC(C)(C)C1CCC(N2C[C@@H](C)[C@H](C(=O)O)C2)CC1. The molecule has 1 N–H and O–H groups in total. The number of likely N-dealkylation sites (tertiary alicyclic amines) is 1. The molecule has 1 aliphatic heterocycles. The van der Waals surface area contributed by atoms with E-state index in [2.05, 4.69) is 32.6 Å². The lowest BCUT2D eigenvalue weighted by atomic mass is 9.68. The molecule has 116 valence electrons. The number of carboxylic acids is 1. The summed E-state index contributed by atoms with van der Waals surface area (Å²) in [6.07, 6.45) is 6.40. The van der Waals surface area contributed by atoms with Gasteiger partial charge in [-0.2, -0.15) is 0 Å². The van der Waals surface area contributed by atoms with Gasteiger partial charge in [0.25, 0.3) is 0 Å². The van der Waals surface area contributed by atoms with Gasteiger partial charge in [0.2, 0.25) is 0 Å². The van der Waals surface area contributed by atoms with Crippen molar-refractivity contribution in [3.63, 3.8) is 0 Å². The molecular formula is C17H31NO2. The van der Waals surface area contributed by atoms with Crippen LogP contribution in [0.1, 0.15) is 59.8 Å². The van der Waals surface area contributed by atoms with Gasteiger partial charge in [-0.15, -0.1) is 0 Å². The molecule has 2 aliphatic rings. The lowest BCUT2D eigenvalue weighted by Gasteiger charge is -2.41. The van der Waals surface area contributed by atoms with Crippen molar-refractivity contribution in [2.24, 2.45) is 23.2 Å². The monoisotopic (exact) mass is 281 g/mol. The van der Waals surface area contributed by atoms with Gasteiger partial charge in [0.05, 0.1) is 5.92 Å². The first kappa shape index (κ1) is 15.8. The number of hydrogen-bond donors (Lipinski definition) is 1. The normalized spacial score (nSPS) is 36.2. The maximum absolute atomic E-state index is 11.2. The lowest BCUT2D eigenvalue weighted by molar-refractivity contribution is -0.142. The maximum atomic E-state index is 11.2. The lowest BCUT2D eigenvalue weighted by Crippen LogP contribution is -2.39. The van der Waals surface area contributed by atoms with Crippen molar-refractivity contribution < 1.29 is 9.90 Å². The van der Waals surface area contributed by atoms with Gasteiger partial charge < -0.3 is 5.11 Å². The third-order valence-electron chi connectivity index (χ3n) is 6.19. The van der Waals surface area contributed by atoms with Crippen molar-refractivity contribution in [2.45, 2.75) is 65.8 Å². The highest BCUT2D eigenvalue weighted by Crippen LogP contribution is 2.42. The fourth-order valence-corrected chi connectivity index (χ4v) is 4.14. The van der Waals surface area contributed by atoms with Crippen LogP contribution in [0.5, 0.6) is 0 Å². The van der Waals surface area contributed by atoms with E-state index in [-0.39, 0.29) is 5.92 Å². The molecule has 3 nitrogen and oxygen atoms in total. The molecule has 1 heterocycles. The summed E-state index contributed by atoms with van der Waals surface area (Å²) in [5.74, 6) is 0.386. The molecule has 0 aromatic heterocycles. The van der Waals surface area contributed by atoms with Gasteiger partial charge in [-0.25, -0.2) is 0 Å². The number of carboxylic acid groups (broad SMARTS) is 1. The Morgan fingerprint density at radius 1 is 1.20 bits per heavy atom. The molecule has 0 spiro atoms. The summed E-state index contributed by atoms with van der Waals surface area (Å²) < 4.78 is 0. The molecular weight excluding hydrogens is 250 g/mol. The average molecular weight is 281 g/mol. The van der Waals surface area contributed by atoms with E-state index in [1.54, 1.807) is 0 Å². The highest BCUT2D eigenvalue weighted by molar-refractivity contribution is 5.71. The van der Waals surface area contributed by atoms with Crippen LogP contribution in [0, 0.1) is 23.2 Å². The van der Waals surface area contributed by atoms with Crippen molar-refractivity contribution >= 4 is 5.97 Å². The molecule has 1 aliphatic carbocycles. The van der Waals surface area contributed by atoms with E-state index in [1.807, 2.05) is 0 Å². The van der Waals surface area contributed by atoms with Crippen LogP contribution in [-0.2, 0) is 4.79 Å². The van der Waals surface area contributed by atoms with E-state index in [9.17, 15) is 9.90 Å². The minimum absolute atomic E-state index is 0.153. The van der Waals surface area contributed by atoms with Crippen LogP contribution in [0.25, 0.3) is 0 Å². The van der Waals surface area contributed by atoms with E-state index < -0.39 is 5.97 Å². The fraction of sp³-hybridized carbons (Fsp3) is 0.941. The quantitative estimate of drug-likeness (QED) is 0.855. The smallest absolute Gasteiger partial charge is 0.308 e. The first-order valence-corrected chi connectivity index (χ1v) is 8.32. The summed E-state index contributed by atoms with van der Waals surface area (Å²) >= 11 is 0. The van der Waals surface area contributed by atoms with Crippen LogP contribution in [0.15, 0.2) is 0 Å². The van der Waals surface area contributed by atoms with Crippen LogP contribution in [-0.4, -0.2) is 35.1 Å². The Labute approximate surface area is 123 Å². The van der Waals surface area contributed by atoms with Crippen molar-refractivity contribution in [3.8, 4) is 0 Å². The molecule has 0 aromatic carbocycles. The molecule has 1 saturated carbocycles. The van der Waals surface area contributed by atoms with Crippen molar-refractivity contribution in [1.82, 2.24) is 4.90 Å². The standard InChI is InChI=1S/C17H31NO2/c1-5-17(3,4)13-6-8-14(9-7-13)18-10-12(2)15(11-18)16(19)20/h12-15H,5-11H2,1-4H3,(H,19,20)/t12-,13?,14?,15-/m1/s1. The molecule has 20 heavy (non-hydrogen) atoms. The van der Waals surface area contributed by atoms with Gasteiger partial charge in [-0.3, -0.25) is 9.69 Å². The zero-order valence-corrected chi connectivity index (χ0v) is 13.6. The summed E-state index contributed by atoms with van der Waals surface area (Å²) in [5, 5.41) is 9.25. The predicted octanol–water partition coefficient (Wildman–Crippen LogP) is 3.63. The van der Waals surface area contributed by atoms with E-state index >= 15 is 0 Å². The van der Waals surface area contributed by atoms with Gasteiger partial charge in [0, 0.05) is 19.1 Å². The second-order valence-corrected chi connectivity index (χ2v) is 7.72. The number of hydrogen-bond acceptors (Lipinski definition) is 2. The van der Waals surface area contributed by atoms with Gasteiger partial charge in [-0.05, 0) is 42.9 Å². The van der Waals surface area contributed by atoms with Crippen LogP contribution in [0.2, 0.25) is 0 Å². The molecule has 0 bridgehead atoms. The maximum Gasteiger partial charge on any atom is 0.308 e. The summed E-state index contributed by atoms with van der Waals surface area (Å²) in [7, 11) is 0. The highest BCUT2D eigenvalue weighted by atomic mass is 16.4. The second-order valence-electron chi connectivity index (χ2n) is 7.72. The zero-order chi connectivity index (χ0) is 14.9. The fourth-order valence-electron chi connectivity index (χ4n) is 4.14. The topological polar surface area (TPSA) is 40.5 Å². The number of aliphatic carboxylic acids is 1. The van der Waals surface area contributed by atoms with E-state index in [4.69, 9.17) is 0 Å². The number of rotatable bonds is 4. The molecule has 0 unspecified atom stereocenters. The molecule has 0 radical (unpaired) electrons. The van der Waals surface area contributed by atoms with Gasteiger partial charge >= 0.3 is 5.97 Å². The Balaban J connectivity index is 1.88. The third kappa shape index (κ3) is 3.19.